The topological polar surface area (TPSA) is 61.1 Å². The van der Waals surface area contributed by atoms with Gasteiger partial charge in [0.1, 0.15) is 35.2 Å². The van der Waals surface area contributed by atoms with Crippen LogP contribution in [0.5, 0.6) is 17.2 Å². The molecule has 170 valence electrons. The normalized spacial score (nSPS) is 11.1. The molecule has 0 unspecified atom stereocenters. The van der Waals surface area contributed by atoms with Crippen LogP contribution in [-0.2, 0) is 0 Å². The fraction of sp³-hybridized carbons (Fsp3) is 0.222. The molecule has 0 saturated heterocycles. The highest BCUT2D eigenvalue weighted by molar-refractivity contribution is 6.19. The molecule has 1 aromatic heterocycles. The fourth-order valence-corrected chi connectivity index (χ4v) is 3.57. The summed E-state index contributed by atoms with van der Waals surface area (Å²) in [6.45, 7) is 1.40. The Kier molecular flexibility index (Phi) is 6.66. The molecule has 4 rings (SSSR count). The summed E-state index contributed by atoms with van der Waals surface area (Å²) in [5, 5.41) is 0.734. The van der Waals surface area contributed by atoms with E-state index < -0.39 is 0 Å². The quantitative estimate of drug-likeness (QED) is 0.326. The van der Waals surface area contributed by atoms with Gasteiger partial charge in [-0.2, -0.15) is 0 Å². The number of ketones is 1. The molecule has 0 N–H and O–H groups in total. The lowest BCUT2D eigenvalue weighted by atomic mass is 9.97. The number of carbonyl (C=O) groups is 1. The number of furan rings is 1. The molecule has 0 bridgehead atoms. The molecule has 0 fully saturated rings. The van der Waals surface area contributed by atoms with Gasteiger partial charge in [0.15, 0.2) is 5.78 Å². The van der Waals surface area contributed by atoms with E-state index in [2.05, 4.69) is 4.90 Å². The molecule has 3 aromatic carbocycles. The van der Waals surface area contributed by atoms with Crippen LogP contribution in [0.2, 0.25) is 0 Å². The van der Waals surface area contributed by atoms with Crippen molar-refractivity contribution >= 4 is 16.8 Å². The van der Waals surface area contributed by atoms with Crippen molar-refractivity contribution < 1.29 is 23.4 Å². The summed E-state index contributed by atoms with van der Waals surface area (Å²) in [7, 11) is 7.21. The molecule has 6 heteroatoms. The van der Waals surface area contributed by atoms with Crippen molar-refractivity contribution in [2.45, 2.75) is 0 Å². The first-order chi connectivity index (χ1) is 16.0. The van der Waals surface area contributed by atoms with Gasteiger partial charge in [-0.1, -0.05) is 0 Å². The Morgan fingerprint density at radius 3 is 2.12 bits per heavy atom. The van der Waals surface area contributed by atoms with Crippen LogP contribution in [-0.4, -0.2) is 52.1 Å². The first kappa shape index (κ1) is 22.4. The Hall–Kier alpha value is -3.77. The molecule has 0 aliphatic rings. The van der Waals surface area contributed by atoms with Crippen molar-refractivity contribution in [2.24, 2.45) is 0 Å². The molecule has 0 aliphatic carbocycles. The Morgan fingerprint density at radius 2 is 1.48 bits per heavy atom. The van der Waals surface area contributed by atoms with Crippen molar-refractivity contribution in [1.29, 1.82) is 0 Å². The maximum Gasteiger partial charge on any atom is 0.197 e. The van der Waals surface area contributed by atoms with Gasteiger partial charge < -0.3 is 23.5 Å². The smallest absolute Gasteiger partial charge is 0.197 e. The lowest BCUT2D eigenvalue weighted by Gasteiger charge is -2.11. The van der Waals surface area contributed by atoms with E-state index in [1.54, 1.807) is 32.4 Å². The molecular formula is C27H27NO5. The van der Waals surface area contributed by atoms with Crippen LogP contribution >= 0.6 is 0 Å². The zero-order valence-electron chi connectivity index (χ0n) is 19.3. The van der Waals surface area contributed by atoms with E-state index in [0.717, 1.165) is 29.0 Å². The molecule has 0 aliphatic heterocycles. The number of hydrogen-bond acceptors (Lipinski definition) is 6. The largest absolute Gasteiger partial charge is 0.497 e. The SMILES string of the molecule is COc1ccc(-c2oc3cc(OC)ccc3c2C(=O)c2ccc(OCCN(C)C)cc2)cc1. The van der Waals surface area contributed by atoms with Gasteiger partial charge in [0.05, 0.1) is 19.8 Å². The van der Waals surface area contributed by atoms with Crippen molar-refractivity contribution in [3.05, 3.63) is 77.9 Å². The standard InChI is InChI=1S/C27H27NO5/c1-28(2)15-16-32-21-11-5-18(6-12-21)26(29)25-23-14-13-22(31-4)17-24(23)33-27(25)19-7-9-20(30-3)10-8-19/h5-14,17H,15-16H2,1-4H3. The van der Waals surface area contributed by atoms with Crippen LogP contribution in [0.1, 0.15) is 15.9 Å². The predicted octanol–water partition coefficient (Wildman–Crippen LogP) is 5.29. The van der Waals surface area contributed by atoms with Crippen LogP contribution in [0.4, 0.5) is 0 Å². The van der Waals surface area contributed by atoms with E-state index in [9.17, 15) is 4.79 Å². The summed E-state index contributed by atoms with van der Waals surface area (Å²) in [6, 6.07) is 20.1. The average molecular weight is 446 g/mol. The molecule has 0 radical (unpaired) electrons. The maximum atomic E-state index is 13.6. The number of hydrogen-bond donors (Lipinski definition) is 0. The molecule has 0 atom stereocenters. The van der Waals surface area contributed by atoms with Crippen LogP contribution in [0.3, 0.4) is 0 Å². The van der Waals surface area contributed by atoms with Crippen molar-refractivity contribution in [3.8, 4) is 28.6 Å². The summed E-state index contributed by atoms with van der Waals surface area (Å²) >= 11 is 0. The number of carbonyl (C=O) groups excluding carboxylic acids is 1. The van der Waals surface area contributed by atoms with Gasteiger partial charge in [-0.05, 0) is 74.8 Å². The van der Waals surface area contributed by atoms with Gasteiger partial charge in [0, 0.05) is 29.1 Å². The van der Waals surface area contributed by atoms with Crippen LogP contribution in [0, 0.1) is 0 Å². The number of fused-ring (bicyclic) bond motifs is 1. The lowest BCUT2D eigenvalue weighted by molar-refractivity contribution is 0.104. The van der Waals surface area contributed by atoms with Crippen LogP contribution in [0.15, 0.2) is 71.1 Å². The molecule has 33 heavy (non-hydrogen) atoms. The minimum atomic E-state index is -0.121. The third-order valence-corrected chi connectivity index (χ3v) is 5.40. The first-order valence-corrected chi connectivity index (χ1v) is 10.7. The van der Waals surface area contributed by atoms with E-state index in [1.165, 1.54) is 0 Å². The summed E-state index contributed by atoms with van der Waals surface area (Å²) in [5.74, 6) is 2.51. The van der Waals surface area contributed by atoms with Crippen molar-refractivity contribution in [3.63, 3.8) is 0 Å². The summed E-state index contributed by atoms with van der Waals surface area (Å²) in [6.07, 6.45) is 0. The van der Waals surface area contributed by atoms with Gasteiger partial charge in [-0.25, -0.2) is 0 Å². The van der Waals surface area contributed by atoms with Gasteiger partial charge in [0.2, 0.25) is 0 Å². The van der Waals surface area contributed by atoms with E-state index in [4.69, 9.17) is 18.6 Å². The fourth-order valence-electron chi connectivity index (χ4n) is 3.57. The molecular weight excluding hydrogens is 418 g/mol. The zero-order valence-corrected chi connectivity index (χ0v) is 19.3. The molecule has 0 saturated carbocycles. The Morgan fingerprint density at radius 1 is 0.848 bits per heavy atom. The van der Waals surface area contributed by atoms with Crippen molar-refractivity contribution in [2.75, 3.05) is 41.5 Å². The van der Waals surface area contributed by atoms with Gasteiger partial charge in [-0.3, -0.25) is 4.79 Å². The number of nitrogens with zero attached hydrogens (tertiary/aromatic N) is 1. The van der Waals surface area contributed by atoms with E-state index in [0.29, 0.717) is 34.8 Å². The summed E-state index contributed by atoms with van der Waals surface area (Å²) in [4.78, 5) is 15.7. The first-order valence-electron chi connectivity index (χ1n) is 10.7. The lowest BCUT2D eigenvalue weighted by Crippen LogP contribution is -2.19. The number of benzene rings is 3. The summed E-state index contributed by atoms with van der Waals surface area (Å²) in [5.41, 5.74) is 2.45. The molecule has 0 amide bonds. The second-order valence-corrected chi connectivity index (χ2v) is 7.90. The van der Waals surface area contributed by atoms with E-state index >= 15 is 0 Å². The number of ether oxygens (including phenoxy) is 3. The zero-order chi connectivity index (χ0) is 23.4. The molecule has 4 aromatic rings. The minimum absolute atomic E-state index is 0.121. The summed E-state index contributed by atoms with van der Waals surface area (Å²) < 4.78 is 22.5. The molecule has 1 heterocycles. The van der Waals surface area contributed by atoms with E-state index in [1.807, 2.05) is 62.6 Å². The van der Waals surface area contributed by atoms with Gasteiger partial charge in [0.25, 0.3) is 0 Å². The third kappa shape index (κ3) is 4.86. The second kappa shape index (κ2) is 9.79. The van der Waals surface area contributed by atoms with Gasteiger partial charge >= 0.3 is 0 Å². The Balaban J connectivity index is 1.72. The average Bonchev–Trinajstić information content (AvgIpc) is 3.22. The number of methoxy groups -OCH3 is 2. The minimum Gasteiger partial charge on any atom is -0.497 e. The Bertz CT molecular complexity index is 1240. The van der Waals surface area contributed by atoms with Gasteiger partial charge in [-0.15, -0.1) is 0 Å². The molecule has 6 nitrogen and oxygen atoms in total. The predicted molar refractivity (Wildman–Crippen MR) is 129 cm³/mol. The third-order valence-electron chi connectivity index (χ3n) is 5.40. The van der Waals surface area contributed by atoms with E-state index in [-0.39, 0.29) is 5.78 Å². The highest BCUT2D eigenvalue weighted by atomic mass is 16.5. The second-order valence-electron chi connectivity index (χ2n) is 7.90. The maximum absolute atomic E-state index is 13.6. The molecule has 0 spiro atoms. The number of rotatable bonds is 9. The van der Waals surface area contributed by atoms with Crippen LogP contribution in [0.25, 0.3) is 22.3 Å². The Labute approximate surface area is 193 Å². The highest BCUT2D eigenvalue weighted by Crippen LogP contribution is 2.37. The highest BCUT2D eigenvalue weighted by Gasteiger charge is 2.24. The van der Waals surface area contributed by atoms with Crippen molar-refractivity contribution in [1.82, 2.24) is 4.90 Å². The monoisotopic (exact) mass is 445 g/mol. The van der Waals surface area contributed by atoms with Crippen LogP contribution < -0.4 is 14.2 Å². The number of likely N-dealkylation sites (N-methyl/N-ethyl adjacent to an activating group) is 1.